The first-order valence-corrected chi connectivity index (χ1v) is 6.73. The van der Waals surface area contributed by atoms with Gasteiger partial charge in [0, 0.05) is 11.4 Å². The maximum atomic E-state index is 6.18. The molecule has 1 heterocycles. The van der Waals surface area contributed by atoms with Crippen LogP contribution in [0.3, 0.4) is 0 Å². The van der Waals surface area contributed by atoms with Gasteiger partial charge in [-0.15, -0.1) is 0 Å². The third-order valence-electron chi connectivity index (χ3n) is 2.45. The molecule has 0 saturated heterocycles. The monoisotopic (exact) mass is 300 g/mol. The molecule has 0 fully saturated rings. The van der Waals surface area contributed by atoms with Crippen LogP contribution in [0.15, 0.2) is 24.3 Å². The summed E-state index contributed by atoms with van der Waals surface area (Å²) >= 11 is 18.3. The number of aryl methyl sites for hydroxylation is 1. The summed E-state index contributed by atoms with van der Waals surface area (Å²) < 4.78 is 0. The predicted octanol–water partition coefficient (Wildman–Crippen LogP) is 5.06. The minimum absolute atomic E-state index is 0.362. The zero-order valence-corrected chi connectivity index (χ0v) is 12.0. The molecule has 0 atom stereocenters. The lowest BCUT2D eigenvalue weighted by Gasteiger charge is -2.08. The van der Waals surface area contributed by atoms with Crippen LogP contribution in [-0.4, -0.2) is 9.97 Å². The highest BCUT2D eigenvalue weighted by Gasteiger charge is 2.13. The molecule has 1 aromatic heterocycles. The van der Waals surface area contributed by atoms with Gasteiger partial charge in [0.25, 0.3) is 0 Å². The van der Waals surface area contributed by atoms with Gasteiger partial charge in [-0.25, -0.2) is 9.97 Å². The number of hydrogen-bond acceptors (Lipinski definition) is 2. The van der Waals surface area contributed by atoms with Crippen LogP contribution >= 0.6 is 34.8 Å². The summed E-state index contributed by atoms with van der Waals surface area (Å²) in [6.07, 6.45) is 1.71. The molecule has 0 unspecified atom stereocenters. The molecule has 0 radical (unpaired) electrons. The van der Waals surface area contributed by atoms with Crippen molar-refractivity contribution in [3.05, 3.63) is 45.4 Å². The van der Waals surface area contributed by atoms with Gasteiger partial charge in [0.1, 0.15) is 16.1 Å². The number of benzene rings is 1. The molecular weight excluding hydrogens is 291 g/mol. The van der Waals surface area contributed by atoms with Crippen LogP contribution in [0.1, 0.15) is 19.2 Å². The smallest absolute Gasteiger partial charge is 0.142 e. The molecule has 2 aromatic rings. The quantitative estimate of drug-likeness (QED) is 0.741. The van der Waals surface area contributed by atoms with Crippen molar-refractivity contribution in [2.24, 2.45) is 0 Å². The van der Waals surface area contributed by atoms with Crippen LogP contribution in [0.5, 0.6) is 0 Å². The van der Waals surface area contributed by atoms with Gasteiger partial charge >= 0.3 is 0 Å². The highest BCUT2D eigenvalue weighted by molar-refractivity contribution is 6.38. The Hall–Kier alpha value is -0.830. The molecule has 0 bridgehead atoms. The molecule has 0 saturated carbocycles. The lowest BCUT2D eigenvalue weighted by atomic mass is 10.1. The second-order valence-electron chi connectivity index (χ2n) is 3.86. The van der Waals surface area contributed by atoms with E-state index in [1.807, 2.05) is 12.1 Å². The lowest BCUT2D eigenvalue weighted by Crippen LogP contribution is -1.98. The third kappa shape index (κ3) is 2.94. The number of rotatable bonds is 3. The average Bonchev–Trinajstić information content (AvgIpc) is 2.28. The summed E-state index contributed by atoms with van der Waals surface area (Å²) in [5, 5.41) is 1.35. The Morgan fingerprint density at radius 2 is 1.72 bits per heavy atom. The Morgan fingerprint density at radius 3 is 2.28 bits per heavy atom. The van der Waals surface area contributed by atoms with E-state index in [1.165, 1.54) is 0 Å². The number of halogens is 3. The van der Waals surface area contributed by atoms with Gasteiger partial charge in [0.2, 0.25) is 0 Å². The van der Waals surface area contributed by atoms with E-state index in [1.54, 1.807) is 12.1 Å². The van der Waals surface area contributed by atoms with Gasteiger partial charge in [-0.05, 0) is 24.1 Å². The van der Waals surface area contributed by atoms with Crippen LogP contribution in [0.4, 0.5) is 0 Å². The minimum atomic E-state index is 0.362. The van der Waals surface area contributed by atoms with Crippen molar-refractivity contribution in [1.29, 1.82) is 0 Å². The topological polar surface area (TPSA) is 25.8 Å². The standard InChI is InChI=1S/C13H11Cl3N2/c1-2-4-10-17-12(15)11(13(16)18-10)8-5-3-6-9(14)7-8/h3,5-7H,2,4H2,1H3. The van der Waals surface area contributed by atoms with Gasteiger partial charge in [-0.1, -0.05) is 53.9 Å². The highest BCUT2D eigenvalue weighted by Crippen LogP contribution is 2.33. The summed E-state index contributed by atoms with van der Waals surface area (Å²) in [6.45, 7) is 2.05. The van der Waals surface area contributed by atoms with Crippen LogP contribution in [0.2, 0.25) is 15.3 Å². The van der Waals surface area contributed by atoms with E-state index in [2.05, 4.69) is 16.9 Å². The SMILES string of the molecule is CCCc1nc(Cl)c(-c2cccc(Cl)c2)c(Cl)n1. The van der Waals surface area contributed by atoms with Gasteiger partial charge in [-0.2, -0.15) is 0 Å². The molecule has 0 N–H and O–H groups in total. The van der Waals surface area contributed by atoms with Crippen molar-refractivity contribution < 1.29 is 0 Å². The van der Waals surface area contributed by atoms with E-state index in [4.69, 9.17) is 34.8 Å². The fourth-order valence-corrected chi connectivity index (χ4v) is 2.50. The van der Waals surface area contributed by atoms with Gasteiger partial charge in [0.15, 0.2) is 0 Å². The van der Waals surface area contributed by atoms with Crippen molar-refractivity contribution in [1.82, 2.24) is 9.97 Å². The average molecular weight is 302 g/mol. The third-order valence-corrected chi connectivity index (χ3v) is 3.24. The molecule has 0 spiro atoms. The molecule has 0 aliphatic heterocycles. The summed E-state index contributed by atoms with van der Waals surface area (Å²) in [7, 11) is 0. The first-order chi connectivity index (χ1) is 8.61. The molecule has 1 aromatic carbocycles. The minimum Gasteiger partial charge on any atom is -0.220 e. The Bertz CT molecular complexity index is 547. The van der Waals surface area contributed by atoms with Crippen molar-refractivity contribution in [2.45, 2.75) is 19.8 Å². The number of nitrogens with zero attached hydrogens (tertiary/aromatic N) is 2. The van der Waals surface area contributed by atoms with Crippen molar-refractivity contribution >= 4 is 34.8 Å². The molecule has 94 valence electrons. The maximum Gasteiger partial charge on any atom is 0.142 e. The van der Waals surface area contributed by atoms with E-state index in [0.29, 0.717) is 26.7 Å². The maximum absolute atomic E-state index is 6.18. The molecule has 18 heavy (non-hydrogen) atoms. The zero-order chi connectivity index (χ0) is 13.1. The Morgan fingerprint density at radius 1 is 1.06 bits per heavy atom. The molecule has 5 heteroatoms. The largest absolute Gasteiger partial charge is 0.220 e. The second-order valence-corrected chi connectivity index (χ2v) is 5.01. The van der Waals surface area contributed by atoms with Crippen molar-refractivity contribution in [3.8, 4) is 11.1 Å². The van der Waals surface area contributed by atoms with Crippen molar-refractivity contribution in [2.75, 3.05) is 0 Å². The van der Waals surface area contributed by atoms with E-state index in [0.717, 1.165) is 18.4 Å². The normalized spacial score (nSPS) is 10.7. The highest BCUT2D eigenvalue weighted by atomic mass is 35.5. The van der Waals surface area contributed by atoms with E-state index in [-0.39, 0.29) is 0 Å². The molecule has 0 amide bonds. The van der Waals surface area contributed by atoms with Crippen LogP contribution in [0, 0.1) is 0 Å². The van der Waals surface area contributed by atoms with Crippen molar-refractivity contribution in [3.63, 3.8) is 0 Å². The first kappa shape index (κ1) is 13.6. The molecular formula is C13H11Cl3N2. The molecule has 0 aliphatic carbocycles. The fraction of sp³-hybridized carbons (Fsp3) is 0.231. The molecule has 0 aliphatic rings. The molecule has 2 rings (SSSR count). The van der Waals surface area contributed by atoms with Gasteiger partial charge < -0.3 is 0 Å². The molecule has 2 nitrogen and oxygen atoms in total. The fourth-order valence-electron chi connectivity index (χ4n) is 1.67. The zero-order valence-electron chi connectivity index (χ0n) is 9.75. The summed E-state index contributed by atoms with van der Waals surface area (Å²) in [4.78, 5) is 8.51. The Balaban J connectivity index is 2.51. The summed E-state index contributed by atoms with van der Waals surface area (Å²) in [5.41, 5.74) is 1.45. The predicted molar refractivity (Wildman–Crippen MR) is 76.5 cm³/mol. The Kier molecular flexibility index (Phi) is 4.44. The van der Waals surface area contributed by atoms with Crippen LogP contribution in [-0.2, 0) is 6.42 Å². The second kappa shape index (κ2) is 5.87. The van der Waals surface area contributed by atoms with Gasteiger partial charge in [0.05, 0.1) is 5.56 Å². The van der Waals surface area contributed by atoms with Crippen LogP contribution < -0.4 is 0 Å². The van der Waals surface area contributed by atoms with E-state index in [9.17, 15) is 0 Å². The van der Waals surface area contributed by atoms with E-state index >= 15 is 0 Å². The first-order valence-electron chi connectivity index (χ1n) is 5.59. The summed E-state index contributed by atoms with van der Waals surface area (Å²) in [6, 6.07) is 7.29. The lowest BCUT2D eigenvalue weighted by molar-refractivity contribution is 0.835. The Labute approximate surface area is 121 Å². The van der Waals surface area contributed by atoms with Crippen LogP contribution in [0.25, 0.3) is 11.1 Å². The van der Waals surface area contributed by atoms with E-state index < -0.39 is 0 Å². The number of aromatic nitrogens is 2. The van der Waals surface area contributed by atoms with Gasteiger partial charge in [-0.3, -0.25) is 0 Å². The summed E-state index contributed by atoms with van der Waals surface area (Å²) in [5.74, 6) is 0.665. The number of hydrogen-bond donors (Lipinski definition) is 0.